The number of nitrogens with two attached hydrogens (primary N) is 1. The fourth-order valence-electron chi connectivity index (χ4n) is 3.91. The van der Waals surface area contributed by atoms with Crippen molar-refractivity contribution in [3.8, 4) is 5.75 Å². The van der Waals surface area contributed by atoms with Crippen LogP contribution in [0.5, 0.6) is 5.75 Å². The quantitative estimate of drug-likeness (QED) is 0.450. The van der Waals surface area contributed by atoms with E-state index in [0.717, 1.165) is 38.2 Å². The van der Waals surface area contributed by atoms with Crippen LogP contribution in [0.2, 0.25) is 0 Å². The van der Waals surface area contributed by atoms with Gasteiger partial charge in [-0.15, -0.1) is 0 Å². The molecule has 2 aliphatic rings. The van der Waals surface area contributed by atoms with Gasteiger partial charge in [0.25, 0.3) is 0 Å². The molecule has 0 amide bonds. The number of hydrogen-bond donors (Lipinski definition) is 3. The molecule has 1 saturated heterocycles. The molecule has 6 heteroatoms. The number of nitrogens with one attached hydrogen (secondary N) is 1. The lowest BCUT2D eigenvalue weighted by molar-refractivity contribution is 0.0861. The number of phenols is 1. The number of aromatic hydroxyl groups is 1. The van der Waals surface area contributed by atoms with E-state index in [1.807, 2.05) is 0 Å². The summed E-state index contributed by atoms with van der Waals surface area (Å²) in [5, 5.41) is 17.6. The molecule has 23 heavy (non-hydrogen) atoms. The molecule has 0 radical (unpaired) electrons. The van der Waals surface area contributed by atoms with Crippen LogP contribution in [-0.4, -0.2) is 58.8 Å². The van der Waals surface area contributed by atoms with E-state index in [9.17, 15) is 5.11 Å². The highest BCUT2D eigenvalue weighted by Gasteiger charge is 2.47. The minimum atomic E-state index is -1.24. The number of hydrogen-bond acceptors (Lipinski definition) is 5. The average Bonchev–Trinajstić information content (AvgIpc) is 2.43. The molecule has 1 spiro atoms. The fraction of sp³-hybridized carbons (Fsp3) is 0.471. The first-order valence-corrected chi connectivity index (χ1v) is 10.2. The largest absolute Gasteiger partial charge is 0.508 e. The summed E-state index contributed by atoms with van der Waals surface area (Å²) in [6, 6.07) is 3.23. The topological polar surface area (TPSA) is 76.6 Å². The van der Waals surface area contributed by atoms with E-state index in [2.05, 4.69) is 27.2 Å². The molecule has 1 aliphatic heterocycles. The van der Waals surface area contributed by atoms with Crippen LogP contribution >= 0.6 is 9.39 Å². The SMILES string of the molecule is C=S(=C)(C)N1CCN(c2cc(O)cc(N)c2C=N)CC12CCC2. The van der Waals surface area contributed by atoms with E-state index >= 15 is 0 Å². The second-order valence-electron chi connectivity index (χ2n) is 6.94. The van der Waals surface area contributed by atoms with Crippen molar-refractivity contribution in [2.75, 3.05) is 36.5 Å². The Labute approximate surface area is 138 Å². The summed E-state index contributed by atoms with van der Waals surface area (Å²) in [5.41, 5.74) is 8.11. The van der Waals surface area contributed by atoms with Crippen molar-refractivity contribution < 1.29 is 5.11 Å². The molecule has 3 rings (SSSR count). The lowest BCUT2D eigenvalue weighted by atomic mass is 9.75. The van der Waals surface area contributed by atoms with E-state index in [1.54, 1.807) is 6.07 Å². The Morgan fingerprint density at radius 3 is 2.57 bits per heavy atom. The smallest absolute Gasteiger partial charge is 0.119 e. The highest BCUT2D eigenvalue weighted by Crippen LogP contribution is 2.47. The third-order valence-electron chi connectivity index (χ3n) is 5.06. The summed E-state index contributed by atoms with van der Waals surface area (Å²) in [6.45, 7) is 2.62. The number of benzene rings is 1. The number of nitrogens with zero attached hydrogens (tertiary/aromatic N) is 2. The predicted octanol–water partition coefficient (Wildman–Crippen LogP) is 2.23. The molecule has 1 heterocycles. The first-order chi connectivity index (χ1) is 10.8. The Bertz CT molecular complexity index is 737. The summed E-state index contributed by atoms with van der Waals surface area (Å²) in [4.78, 5) is 2.26. The summed E-state index contributed by atoms with van der Waals surface area (Å²) in [5.74, 6) is 8.78. The molecule has 1 aromatic carbocycles. The van der Waals surface area contributed by atoms with Gasteiger partial charge in [-0.25, -0.2) is 0 Å². The van der Waals surface area contributed by atoms with Gasteiger partial charge >= 0.3 is 0 Å². The van der Waals surface area contributed by atoms with Gasteiger partial charge in [0, 0.05) is 54.8 Å². The van der Waals surface area contributed by atoms with E-state index in [4.69, 9.17) is 11.1 Å². The normalized spacial score (nSPS) is 21.2. The number of anilines is 2. The van der Waals surface area contributed by atoms with Gasteiger partial charge in [-0.1, -0.05) is 11.7 Å². The van der Waals surface area contributed by atoms with Gasteiger partial charge < -0.3 is 21.1 Å². The van der Waals surface area contributed by atoms with Gasteiger partial charge in [-0.05, 0) is 25.5 Å². The molecule has 5 nitrogen and oxygen atoms in total. The van der Waals surface area contributed by atoms with E-state index in [1.165, 1.54) is 18.7 Å². The van der Waals surface area contributed by atoms with Crippen LogP contribution in [0.15, 0.2) is 12.1 Å². The van der Waals surface area contributed by atoms with Crippen LogP contribution in [0.4, 0.5) is 11.4 Å². The maximum absolute atomic E-state index is 9.92. The van der Waals surface area contributed by atoms with Gasteiger partial charge in [0.15, 0.2) is 0 Å². The van der Waals surface area contributed by atoms with Crippen LogP contribution in [0.25, 0.3) is 0 Å². The minimum Gasteiger partial charge on any atom is -0.508 e. The van der Waals surface area contributed by atoms with Crippen molar-refractivity contribution >= 4 is 38.7 Å². The molecule has 0 atom stereocenters. The summed E-state index contributed by atoms with van der Waals surface area (Å²) >= 11 is 0. The Balaban J connectivity index is 1.97. The molecule has 4 N–H and O–H groups in total. The molecule has 126 valence electrons. The number of piperazine rings is 1. The number of rotatable bonds is 3. The lowest BCUT2D eigenvalue weighted by Crippen LogP contribution is -2.64. The maximum atomic E-state index is 9.92. The Morgan fingerprint density at radius 2 is 2.04 bits per heavy atom. The standard InChI is InChI=1S/C17H26N4OS/c1-23(2,3)21-8-7-20(12-17(21)5-4-6-17)16-10-13(22)9-15(19)14(16)11-18/h9-11,18,22H,1-2,4-8,12,19H2,3H3. The van der Waals surface area contributed by atoms with Gasteiger partial charge in [-0.3, -0.25) is 4.31 Å². The fourth-order valence-corrected chi connectivity index (χ4v) is 5.61. The lowest BCUT2D eigenvalue weighted by Gasteiger charge is -2.58. The van der Waals surface area contributed by atoms with Crippen molar-refractivity contribution in [3.05, 3.63) is 17.7 Å². The monoisotopic (exact) mass is 334 g/mol. The highest BCUT2D eigenvalue weighted by molar-refractivity contribution is 8.25. The zero-order valence-corrected chi connectivity index (χ0v) is 14.5. The second kappa shape index (κ2) is 5.46. The first-order valence-electron chi connectivity index (χ1n) is 7.87. The van der Waals surface area contributed by atoms with Gasteiger partial charge in [0.05, 0.1) is 5.69 Å². The average molecular weight is 334 g/mol. The summed E-state index contributed by atoms with van der Waals surface area (Å²) in [6.07, 6.45) is 6.98. The first kappa shape index (κ1) is 16.2. The third-order valence-corrected chi connectivity index (χ3v) is 6.70. The zero-order valence-electron chi connectivity index (χ0n) is 13.7. The van der Waals surface area contributed by atoms with Crippen LogP contribution in [0.3, 0.4) is 0 Å². The molecule has 1 aromatic rings. The van der Waals surface area contributed by atoms with Crippen molar-refractivity contribution in [2.45, 2.75) is 24.8 Å². The van der Waals surface area contributed by atoms with E-state index in [0.29, 0.717) is 11.3 Å². The van der Waals surface area contributed by atoms with Crippen molar-refractivity contribution in [1.29, 1.82) is 5.41 Å². The van der Waals surface area contributed by atoms with Gasteiger partial charge in [0.1, 0.15) is 5.75 Å². The Hall–Kier alpha value is -1.66. The third kappa shape index (κ3) is 2.70. The zero-order chi connectivity index (χ0) is 16.8. The molecule has 0 unspecified atom stereocenters. The number of phenolic OH excluding ortho intramolecular Hbond substituents is 1. The van der Waals surface area contributed by atoms with Crippen LogP contribution in [0.1, 0.15) is 24.8 Å². The van der Waals surface area contributed by atoms with Gasteiger partial charge in [0.2, 0.25) is 0 Å². The van der Waals surface area contributed by atoms with Crippen LogP contribution < -0.4 is 10.6 Å². The summed E-state index contributed by atoms with van der Waals surface area (Å²) < 4.78 is 2.51. The maximum Gasteiger partial charge on any atom is 0.119 e. The van der Waals surface area contributed by atoms with Crippen LogP contribution in [-0.2, 0) is 0 Å². The predicted molar refractivity (Wildman–Crippen MR) is 104 cm³/mol. The molecule has 1 saturated carbocycles. The second-order valence-corrected chi connectivity index (χ2v) is 9.82. The van der Waals surface area contributed by atoms with Crippen LogP contribution in [0, 0.1) is 5.41 Å². The molecule has 0 bridgehead atoms. The Kier molecular flexibility index (Phi) is 3.84. The number of nitrogen functional groups attached to an aromatic ring is 1. The minimum absolute atomic E-state index is 0.130. The Morgan fingerprint density at radius 1 is 1.35 bits per heavy atom. The molecular weight excluding hydrogens is 308 g/mol. The molecule has 0 aromatic heterocycles. The summed E-state index contributed by atoms with van der Waals surface area (Å²) in [7, 11) is -1.24. The van der Waals surface area contributed by atoms with Crippen molar-refractivity contribution in [3.63, 3.8) is 0 Å². The molecule has 2 fully saturated rings. The molecular formula is C17H26N4OS. The highest BCUT2D eigenvalue weighted by atomic mass is 32.2. The van der Waals surface area contributed by atoms with E-state index in [-0.39, 0.29) is 11.3 Å². The molecule has 1 aliphatic carbocycles. The van der Waals surface area contributed by atoms with Gasteiger partial charge in [-0.2, -0.15) is 9.39 Å². The van der Waals surface area contributed by atoms with Crippen molar-refractivity contribution in [2.24, 2.45) is 0 Å². The van der Waals surface area contributed by atoms with Crippen molar-refractivity contribution in [1.82, 2.24) is 4.31 Å². The van der Waals surface area contributed by atoms with E-state index < -0.39 is 9.39 Å².